The third kappa shape index (κ3) is 3.98. The average molecular weight is 543 g/mol. The maximum absolute atomic E-state index is 9.95. The van der Waals surface area contributed by atoms with Crippen LogP contribution in [0.15, 0.2) is 105 Å². The maximum atomic E-state index is 9.95. The number of nitrogens with zero attached hydrogens (tertiary/aromatic N) is 6. The monoisotopic (exact) mass is 542 g/mol. The summed E-state index contributed by atoms with van der Waals surface area (Å²) in [6.07, 6.45) is 0. The highest BCUT2D eigenvalue weighted by Gasteiger charge is 2.32. The molecule has 0 unspecified atom stereocenters. The Morgan fingerprint density at radius 1 is 0.658 bits per heavy atom. The van der Waals surface area contributed by atoms with Crippen molar-refractivity contribution in [2.24, 2.45) is 0 Å². The molecule has 1 aliphatic rings. The summed E-state index contributed by atoms with van der Waals surface area (Å²) in [7, 11) is 0. The van der Waals surface area contributed by atoms with E-state index in [1.165, 1.54) is 23.5 Å². The van der Waals surface area contributed by atoms with Crippen molar-refractivity contribution in [2.45, 2.75) is 9.79 Å². The van der Waals surface area contributed by atoms with E-state index in [4.69, 9.17) is 0 Å². The van der Waals surface area contributed by atoms with Crippen molar-refractivity contribution < 1.29 is 0 Å². The van der Waals surface area contributed by atoms with Crippen LogP contribution in [0, 0.1) is 34.0 Å². The minimum atomic E-state index is 0.0335. The van der Waals surface area contributed by atoms with E-state index in [1.54, 1.807) is 0 Å². The van der Waals surface area contributed by atoms with Crippen molar-refractivity contribution in [3.8, 4) is 29.3 Å². The zero-order chi connectivity index (χ0) is 26.1. The third-order valence-electron chi connectivity index (χ3n) is 5.99. The van der Waals surface area contributed by atoms with Crippen molar-refractivity contribution >= 4 is 63.3 Å². The second-order valence-electron chi connectivity index (χ2n) is 8.13. The Morgan fingerprint density at radius 3 is 1.79 bits per heavy atom. The van der Waals surface area contributed by atoms with Gasteiger partial charge in [0.15, 0.2) is 0 Å². The van der Waals surface area contributed by atoms with Crippen LogP contribution in [0.25, 0.3) is 22.2 Å². The predicted octanol–water partition coefficient (Wildman–Crippen LogP) is 8.16. The van der Waals surface area contributed by atoms with Gasteiger partial charge in [0.25, 0.3) is 0 Å². The van der Waals surface area contributed by atoms with Gasteiger partial charge in [-0.05, 0) is 42.0 Å². The summed E-state index contributed by atoms with van der Waals surface area (Å²) >= 11 is 3.69. The second kappa shape index (κ2) is 10.0. The molecule has 38 heavy (non-hydrogen) atoms. The molecule has 0 saturated carbocycles. The molecule has 0 atom stereocenters. The number of hydrogen-bond acceptors (Lipinski definition) is 9. The van der Waals surface area contributed by atoms with Gasteiger partial charge in [-0.3, -0.25) is 0 Å². The molecule has 5 aromatic rings. The largest absolute Gasteiger partial charge is 0.311 e. The smallest absolute Gasteiger partial charge is 0.150 e. The first-order chi connectivity index (χ1) is 18.7. The van der Waals surface area contributed by atoms with Crippen LogP contribution < -0.4 is 4.90 Å². The number of para-hydroxylation sites is 2. The molecule has 0 saturated heterocycles. The lowest BCUT2D eigenvalue weighted by molar-refractivity contribution is 1.25. The van der Waals surface area contributed by atoms with Crippen LogP contribution in [0.3, 0.4) is 0 Å². The van der Waals surface area contributed by atoms with Crippen LogP contribution >= 0.6 is 35.3 Å². The summed E-state index contributed by atoms with van der Waals surface area (Å²) in [5.41, 5.74) is 6.47. The number of thioether (sulfide) groups is 2. The summed E-state index contributed by atoms with van der Waals surface area (Å²) in [5, 5.41) is 28.8. The molecule has 0 radical (unpaired) electrons. The van der Waals surface area contributed by atoms with E-state index >= 15 is 0 Å². The van der Waals surface area contributed by atoms with Crippen LogP contribution in [-0.4, -0.2) is 8.75 Å². The second-order valence-corrected chi connectivity index (χ2v) is 11.0. The average Bonchev–Trinajstić information content (AvgIpc) is 3.62. The van der Waals surface area contributed by atoms with Crippen LogP contribution in [0.4, 0.5) is 17.1 Å². The van der Waals surface area contributed by atoms with Gasteiger partial charge in [-0.25, -0.2) is 0 Å². The molecule has 4 aromatic carbocycles. The van der Waals surface area contributed by atoms with E-state index in [-0.39, 0.29) is 5.57 Å². The Hall–Kier alpha value is -4.59. The summed E-state index contributed by atoms with van der Waals surface area (Å²) in [6, 6.07) is 34.8. The van der Waals surface area contributed by atoms with Crippen LogP contribution in [0.2, 0.25) is 0 Å². The number of nitriles is 3. The molecule has 0 amide bonds. The minimum Gasteiger partial charge on any atom is -0.311 e. The van der Waals surface area contributed by atoms with Gasteiger partial charge in [-0.1, -0.05) is 72.1 Å². The maximum Gasteiger partial charge on any atom is 0.150 e. The first kappa shape index (κ1) is 23.8. The van der Waals surface area contributed by atoms with Crippen LogP contribution in [0.1, 0.15) is 5.56 Å². The Balaban J connectivity index is 1.51. The normalized spacial score (nSPS) is 11.9. The molecular formula is C29H14N6S3. The Labute approximate surface area is 231 Å². The van der Waals surface area contributed by atoms with Gasteiger partial charge < -0.3 is 4.90 Å². The molecule has 0 spiro atoms. The van der Waals surface area contributed by atoms with Gasteiger partial charge in [-0.2, -0.15) is 24.5 Å². The fourth-order valence-corrected chi connectivity index (χ4v) is 7.51. The number of hydrogen-bond donors (Lipinski definition) is 0. The Morgan fingerprint density at radius 2 is 1.21 bits per heavy atom. The van der Waals surface area contributed by atoms with Crippen molar-refractivity contribution in [3.05, 3.63) is 100 Å². The van der Waals surface area contributed by atoms with Crippen LogP contribution in [0.5, 0.6) is 0 Å². The molecule has 6 rings (SSSR count). The highest BCUT2D eigenvalue weighted by atomic mass is 32.2. The SMILES string of the molecule is N#CC(C#N)=C1Sc2c(c(-c3ccc(N(c4ccccc4)c4ccccc4)cc3)c3nsnc3c2C#N)S1. The fraction of sp³-hybridized carbons (Fsp3) is 0. The highest BCUT2D eigenvalue weighted by molar-refractivity contribution is 8.24. The van der Waals surface area contributed by atoms with Gasteiger partial charge >= 0.3 is 0 Å². The number of rotatable bonds is 4. The quantitative estimate of drug-likeness (QED) is 0.210. The number of allylic oxidation sites excluding steroid dienone is 1. The van der Waals surface area contributed by atoms with Crippen molar-refractivity contribution in [2.75, 3.05) is 4.90 Å². The molecule has 9 heteroatoms. The number of aromatic nitrogens is 2. The summed E-state index contributed by atoms with van der Waals surface area (Å²) in [6.45, 7) is 0. The molecule has 2 heterocycles. The summed E-state index contributed by atoms with van der Waals surface area (Å²) in [4.78, 5) is 3.72. The fourth-order valence-electron chi connectivity index (χ4n) is 4.33. The molecule has 0 N–H and O–H groups in total. The number of anilines is 3. The first-order valence-electron chi connectivity index (χ1n) is 11.4. The topological polar surface area (TPSA) is 100 Å². The van der Waals surface area contributed by atoms with Gasteiger partial charge in [0.1, 0.15) is 34.8 Å². The zero-order valence-electron chi connectivity index (χ0n) is 19.5. The van der Waals surface area contributed by atoms with Gasteiger partial charge in [-0.15, -0.1) is 0 Å². The molecule has 6 nitrogen and oxygen atoms in total. The first-order valence-corrected chi connectivity index (χ1v) is 13.7. The lowest BCUT2D eigenvalue weighted by Gasteiger charge is -2.25. The Kier molecular flexibility index (Phi) is 6.29. The van der Waals surface area contributed by atoms with Crippen molar-refractivity contribution in [1.82, 2.24) is 8.75 Å². The van der Waals surface area contributed by atoms with E-state index in [0.717, 1.165) is 44.8 Å². The molecular weight excluding hydrogens is 529 g/mol. The van der Waals surface area contributed by atoms with Crippen LogP contribution in [-0.2, 0) is 0 Å². The zero-order valence-corrected chi connectivity index (χ0v) is 21.9. The molecule has 0 bridgehead atoms. The van der Waals surface area contributed by atoms with Gasteiger partial charge in [0.05, 0.1) is 21.5 Å². The van der Waals surface area contributed by atoms with E-state index in [9.17, 15) is 15.8 Å². The number of benzene rings is 4. The standard InChI is InChI=1S/C29H14N6S3/c30-15-19(16-31)29-36-27-23(17-32)25-26(34-38-33-25)24(28(27)37-29)18-11-13-22(14-12-18)35(20-7-3-1-4-8-20)21-9-5-2-6-10-21/h1-14H. The van der Waals surface area contributed by atoms with Gasteiger partial charge in [0.2, 0.25) is 0 Å². The predicted molar refractivity (Wildman–Crippen MR) is 152 cm³/mol. The summed E-state index contributed by atoms with van der Waals surface area (Å²) in [5.74, 6) is 0. The summed E-state index contributed by atoms with van der Waals surface area (Å²) < 4.78 is 9.53. The molecule has 0 aliphatic carbocycles. The minimum absolute atomic E-state index is 0.0335. The van der Waals surface area contributed by atoms with Gasteiger partial charge in [0, 0.05) is 32.4 Å². The molecule has 1 aromatic heterocycles. The van der Waals surface area contributed by atoms with E-state index in [0.29, 0.717) is 25.7 Å². The Bertz CT molecular complexity index is 1790. The third-order valence-corrected chi connectivity index (χ3v) is 9.16. The lowest BCUT2D eigenvalue weighted by atomic mass is 10.0. The molecule has 178 valence electrons. The molecule has 1 aliphatic heterocycles. The van der Waals surface area contributed by atoms with E-state index in [2.05, 4.69) is 56.1 Å². The van der Waals surface area contributed by atoms with E-state index in [1.807, 2.05) is 60.7 Å². The molecule has 0 fully saturated rings. The highest BCUT2D eigenvalue weighted by Crippen LogP contribution is 2.58. The lowest BCUT2D eigenvalue weighted by Crippen LogP contribution is -2.09. The number of fused-ring (bicyclic) bond motifs is 2. The van der Waals surface area contributed by atoms with E-state index < -0.39 is 0 Å². The van der Waals surface area contributed by atoms with Crippen molar-refractivity contribution in [3.63, 3.8) is 0 Å². The van der Waals surface area contributed by atoms with Crippen molar-refractivity contribution in [1.29, 1.82) is 15.8 Å².